The molecule has 1 rings (SSSR count). The Balaban J connectivity index is 2.02. The number of benzene rings is 1. The molecular formula is C21H37P. The molecule has 126 valence electrons. The van der Waals surface area contributed by atoms with Gasteiger partial charge in [0, 0.05) is 0 Å². The van der Waals surface area contributed by atoms with Crippen molar-refractivity contribution in [3.63, 3.8) is 0 Å². The van der Waals surface area contributed by atoms with E-state index in [0.29, 0.717) is 0 Å². The first-order valence-electron chi connectivity index (χ1n) is 9.47. The summed E-state index contributed by atoms with van der Waals surface area (Å²) in [5, 5.41) is 1.63. The summed E-state index contributed by atoms with van der Waals surface area (Å²) in [6.45, 7) is 9.05. The minimum absolute atomic E-state index is 1.01. The van der Waals surface area contributed by atoms with Crippen LogP contribution in [0.4, 0.5) is 0 Å². The van der Waals surface area contributed by atoms with Crippen LogP contribution < -0.4 is 5.30 Å². The van der Waals surface area contributed by atoms with Crippen molar-refractivity contribution < 1.29 is 0 Å². The van der Waals surface area contributed by atoms with Gasteiger partial charge in [-0.3, -0.25) is 0 Å². The number of rotatable bonds is 12. The number of hydrogen-bond donors (Lipinski definition) is 0. The van der Waals surface area contributed by atoms with E-state index in [1.54, 1.807) is 5.30 Å². The molecule has 0 aliphatic heterocycles. The highest BCUT2D eigenvalue weighted by Crippen LogP contribution is 2.20. The molecule has 0 spiro atoms. The lowest BCUT2D eigenvalue weighted by atomic mass is 10.1. The summed E-state index contributed by atoms with van der Waals surface area (Å²) in [5.41, 5.74) is 4.41. The maximum Gasteiger partial charge on any atom is -0.0213 e. The smallest absolute Gasteiger partial charge is 0.0213 e. The molecule has 0 fully saturated rings. The van der Waals surface area contributed by atoms with Crippen molar-refractivity contribution >= 4 is 13.9 Å². The average Bonchev–Trinajstić information content (AvgIpc) is 2.46. The van der Waals surface area contributed by atoms with E-state index in [0.717, 1.165) is 8.58 Å². The van der Waals surface area contributed by atoms with Gasteiger partial charge in [-0.05, 0) is 49.8 Å². The van der Waals surface area contributed by atoms with E-state index in [9.17, 15) is 0 Å². The van der Waals surface area contributed by atoms with Crippen molar-refractivity contribution in [1.82, 2.24) is 0 Å². The number of aryl methyl sites for hydroxylation is 3. The quantitative estimate of drug-likeness (QED) is 0.292. The molecule has 0 saturated carbocycles. The van der Waals surface area contributed by atoms with Crippen molar-refractivity contribution in [2.24, 2.45) is 0 Å². The summed E-state index contributed by atoms with van der Waals surface area (Å²) >= 11 is 0. The third-order valence-corrected chi connectivity index (χ3v) is 6.25. The number of unbranched alkanes of at least 4 members (excludes halogenated alkanes) is 9. The Morgan fingerprint density at radius 1 is 0.682 bits per heavy atom. The highest BCUT2D eigenvalue weighted by atomic mass is 31.1. The SMILES string of the molecule is CCCCCCCCCCCCPc1c(C)cc(C)cc1C. The molecule has 0 nitrogen and oxygen atoms in total. The minimum atomic E-state index is 1.01. The van der Waals surface area contributed by atoms with E-state index >= 15 is 0 Å². The molecule has 1 heteroatoms. The second-order valence-corrected chi connectivity index (χ2v) is 8.24. The van der Waals surface area contributed by atoms with Gasteiger partial charge in [0.15, 0.2) is 0 Å². The van der Waals surface area contributed by atoms with Crippen LogP contribution in [0, 0.1) is 20.8 Å². The Bertz CT molecular complexity index is 385. The third-order valence-electron chi connectivity index (χ3n) is 4.51. The van der Waals surface area contributed by atoms with Gasteiger partial charge in [-0.2, -0.15) is 0 Å². The molecule has 0 amide bonds. The Morgan fingerprint density at radius 3 is 1.64 bits per heavy atom. The van der Waals surface area contributed by atoms with Crippen LogP contribution in [0.2, 0.25) is 0 Å². The zero-order valence-electron chi connectivity index (χ0n) is 15.4. The van der Waals surface area contributed by atoms with Gasteiger partial charge in [0.1, 0.15) is 0 Å². The van der Waals surface area contributed by atoms with Crippen LogP contribution in [-0.4, -0.2) is 6.16 Å². The standard InChI is InChI=1S/C21H37P/c1-5-6-7-8-9-10-11-12-13-14-15-22-21-19(3)16-18(2)17-20(21)4/h16-17,22H,5-15H2,1-4H3. The lowest BCUT2D eigenvalue weighted by molar-refractivity contribution is 0.563. The normalized spacial score (nSPS) is 11.6. The van der Waals surface area contributed by atoms with Gasteiger partial charge < -0.3 is 0 Å². The van der Waals surface area contributed by atoms with E-state index in [1.165, 1.54) is 87.1 Å². The average molecular weight is 321 g/mol. The molecule has 0 aliphatic rings. The maximum atomic E-state index is 2.34. The molecule has 1 aromatic rings. The molecule has 0 radical (unpaired) electrons. The van der Waals surface area contributed by atoms with Crippen molar-refractivity contribution in [3.8, 4) is 0 Å². The molecule has 1 aromatic carbocycles. The zero-order chi connectivity index (χ0) is 16.2. The summed E-state index contributed by atoms with van der Waals surface area (Å²) in [6.07, 6.45) is 15.8. The minimum Gasteiger partial charge on any atom is -0.0898 e. The fourth-order valence-corrected chi connectivity index (χ4v) is 4.66. The maximum absolute atomic E-state index is 2.34. The molecule has 0 aliphatic carbocycles. The van der Waals surface area contributed by atoms with Crippen LogP contribution in [0.3, 0.4) is 0 Å². The highest BCUT2D eigenvalue weighted by Gasteiger charge is 2.03. The van der Waals surface area contributed by atoms with Crippen molar-refractivity contribution in [1.29, 1.82) is 0 Å². The lowest BCUT2D eigenvalue weighted by Crippen LogP contribution is -2.06. The van der Waals surface area contributed by atoms with Crippen LogP contribution in [0.1, 0.15) is 87.8 Å². The lowest BCUT2D eigenvalue weighted by Gasteiger charge is -2.11. The van der Waals surface area contributed by atoms with E-state index < -0.39 is 0 Å². The van der Waals surface area contributed by atoms with Crippen LogP contribution in [0.5, 0.6) is 0 Å². The first-order valence-corrected chi connectivity index (χ1v) is 10.7. The van der Waals surface area contributed by atoms with Gasteiger partial charge in [-0.25, -0.2) is 0 Å². The predicted molar refractivity (Wildman–Crippen MR) is 105 cm³/mol. The predicted octanol–water partition coefficient (Wildman–Crippen LogP) is 6.84. The highest BCUT2D eigenvalue weighted by molar-refractivity contribution is 7.47. The number of hydrogen-bond acceptors (Lipinski definition) is 0. The van der Waals surface area contributed by atoms with Crippen LogP contribution >= 0.6 is 8.58 Å². The summed E-state index contributed by atoms with van der Waals surface area (Å²) in [4.78, 5) is 0. The van der Waals surface area contributed by atoms with E-state index in [2.05, 4.69) is 39.8 Å². The Kier molecular flexibility index (Phi) is 10.9. The van der Waals surface area contributed by atoms with Crippen LogP contribution in [0.15, 0.2) is 12.1 Å². The Hall–Kier alpha value is -0.350. The summed E-state index contributed by atoms with van der Waals surface area (Å²) in [6, 6.07) is 4.68. The van der Waals surface area contributed by atoms with Crippen molar-refractivity contribution in [3.05, 3.63) is 28.8 Å². The summed E-state index contributed by atoms with van der Waals surface area (Å²) < 4.78 is 0. The zero-order valence-corrected chi connectivity index (χ0v) is 16.4. The first-order chi connectivity index (χ1) is 10.6. The van der Waals surface area contributed by atoms with E-state index in [1.807, 2.05) is 0 Å². The Labute approximate surface area is 141 Å². The summed E-state index contributed by atoms with van der Waals surface area (Å²) in [5.74, 6) is 0. The fraction of sp³-hybridized carbons (Fsp3) is 0.714. The monoisotopic (exact) mass is 320 g/mol. The molecule has 0 bridgehead atoms. The summed E-state index contributed by atoms with van der Waals surface area (Å²) in [7, 11) is 1.01. The van der Waals surface area contributed by atoms with E-state index in [-0.39, 0.29) is 0 Å². The second kappa shape index (κ2) is 12.1. The molecular weight excluding hydrogens is 283 g/mol. The Morgan fingerprint density at radius 2 is 1.14 bits per heavy atom. The molecule has 0 heterocycles. The molecule has 0 N–H and O–H groups in total. The molecule has 0 saturated heterocycles. The van der Waals surface area contributed by atoms with Crippen LogP contribution in [0.25, 0.3) is 0 Å². The van der Waals surface area contributed by atoms with Gasteiger partial charge in [0.25, 0.3) is 0 Å². The molecule has 1 atom stereocenters. The molecule has 22 heavy (non-hydrogen) atoms. The van der Waals surface area contributed by atoms with Gasteiger partial charge in [-0.1, -0.05) is 91.0 Å². The fourth-order valence-electron chi connectivity index (χ4n) is 3.28. The van der Waals surface area contributed by atoms with Gasteiger partial charge in [0.2, 0.25) is 0 Å². The van der Waals surface area contributed by atoms with E-state index in [4.69, 9.17) is 0 Å². The largest absolute Gasteiger partial charge is 0.0898 e. The second-order valence-electron chi connectivity index (χ2n) is 6.88. The van der Waals surface area contributed by atoms with Crippen molar-refractivity contribution in [2.45, 2.75) is 91.9 Å². The van der Waals surface area contributed by atoms with Gasteiger partial charge >= 0.3 is 0 Å². The topological polar surface area (TPSA) is 0 Å². The molecule has 0 aromatic heterocycles. The van der Waals surface area contributed by atoms with Crippen LogP contribution in [-0.2, 0) is 0 Å². The van der Waals surface area contributed by atoms with Crippen molar-refractivity contribution in [2.75, 3.05) is 6.16 Å². The van der Waals surface area contributed by atoms with Gasteiger partial charge in [-0.15, -0.1) is 0 Å². The first kappa shape index (κ1) is 19.7. The third kappa shape index (κ3) is 8.33. The molecule has 1 unspecified atom stereocenters. The van der Waals surface area contributed by atoms with Gasteiger partial charge in [0.05, 0.1) is 0 Å².